The second-order valence-corrected chi connectivity index (χ2v) is 7.29. The molecule has 0 unspecified atom stereocenters. The van der Waals surface area contributed by atoms with Gasteiger partial charge in [0.05, 0.1) is 11.1 Å². The van der Waals surface area contributed by atoms with Crippen LogP contribution in [0.4, 0.5) is 58.7 Å². The van der Waals surface area contributed by atoms with E-state index in [0.717, 1.165) is 36.4 Å². The average molecular weight is 496 g/mol. The number of benzene rings is 3. The number of carbonyl (C=O) groups is 2. The fraction of sp³-hybridized carbons (Fsp3) is 0.130. The molecule has 3 aromatic carbocycles. The quantitative estimate of drug-likeness (QED) is 0.286. The van der Waals surface area contributed by atoms with Gasteiger partial charge in [0.15, 0.2) is 0 Å². The summed E-state index contributed by atoms with van der Waals surface area (Å²) < 4.78 is 77.1. The van der Waals surface area contributed by atoms with Crippen molar-refractivity contribution in [2.75, 3.05) is 21.3 Å². The van der Waals surface area contributed by atoms with Crippen molar-refractivity contribution in [3.05, 3.63) is 83.4 Å². The molecule has 35 heavy (non-hydrogen) atoms. The molecule has 0 bridgehead atoms. The monoisotopic (exact) mass is 496 g/mol. The van der Waals surface area contributed by atoms with Crippen LogP contribution in [-0.2, 0) is 12.4 Å². The summed E-state index contributed by atoms with van der Waals surface area (Å²) in [5.74, 6) is 0. The molecule has 3 aromatic rings. The molecule has 0 aliphatic heterocycles. The minimum Gasteiger partial charge on any atom is -0.308 e. The highest BCUT2D eigenvalue weighted by atomic mass is 19.4. The first-order valence-corrected chi connectivity index (χ1v) is 9.93. The van der Waals surface area contributed by atoms with E-state index in [1.807, 2.05) is 0 Å². The molecule has 6 nitrogen and oxygen atoms in total. The van der Waals surface area contributed by atoms with Gasteiger partial charge in [-0.05, 0) is 61.0 Å². The predicted octanol–water partition coefficient (Wildman–Crippen LogP) is 7.32. The van der Waals surface area contributed by atoms with Crippen molar-refractivity contribution in [1.29, 1.82) is 0 Å². The summed E-state index contributed by atoms with van der Waals surface area (Å²) >= 11 is 0. The first kappa shape index (κ1) is 25.4. The highest BCUT2D eigenvalue weighted by Crippen LogP contribution is 2.32. The lowest BCUT2D eigenvalue weighted by Gasteiger charge is -2.15. The molecule has 0 radical (unpaired) electrons. The smallest absolute Gasteiger partial charge is 0.308 e. The number of alkyl halides is 6. The van der Waals surface area contributed by atoms with Gasteiger partial charge in [-0.1, -0.05) is 18.2 Å². The van der Waals surface area contributed by atoms with Crippen molar-refractivity contribution in [2.45, 2.75) is 19.3 Å². The molecule has 0 saturated carbocycles. The van der Waals surface area contributed by atoms with Gasteiger partial charge in [0.2, 0.25) is 0 Å². The fourth-order valence-corrected chi connectivity index (χ4v) is 3.02. The van der Waals surface area contributed by atoms with Gasteiger partial charge < -0.3 is 21.3 Å². The molecule has 0 heterocycles. The van der Waals surface area contributed by atoms with E-state index in [0.29, 0.717) is 5.56 Å². The number of rotatable bonds is 4. The van der Waals surface area contributed by atoms with Gasteiger partial charge in [0, 0.05) is 22.7 Å². The second kappa shape index (κ2) is 9.95. The highest BCUT2D eigenvalue weighted by molar-refractivity contribution is 6.03. The van der Waals surface area contributed by atoms with E-state index < -0.39 is 35.5 Å². The largest absolute Gasteiger partial charge is 0.416 e. The van der Waals surface area contributed by atoms with E-state index in [2.05, 4.69) is 21.3 Å². The topological polar surface area (TPSA) is 82.3 Å². The normalized spacial score (nSPS) is 11.5. The van der Waals surface area contributed by atoms with Gasteiger partial charge in [-0.2, -0.15) is 26.3 Å². The van der Waals surface area contributed by atoms with Crippen molar-refractivity contribution in [3.8, 4) is 0 Å². The van der Waals surface area contributed by atoms with Crippen LogP contribution in [0, 0.1) is 6.92 Å². The van der Waals surface area contributed by atoms with Gasteiger partial charge >= 0.3 is 24.4 Å². The Hall–Kier alpha value is -4.22. The Bertz CT molecular complexity index is 1150. The first-order valence-electron chi connectivity index (χ1n) is 9.93. The van der Waals surface area contributed by atoms with Crippen LogP contribution in [-0.4, -0.2) is 12.1 Å². The lowest BCUT2D eigenvalue weighted by atomic mass is 10.1. The molecule has 12 heteroatoms. The Morgan fingerprint density at radius 1 is 0.600 bits per heavy atom. The molecule has 0 fully saturated rings. The summed E-state index contributed by atoms with van der Waals surface area (Å²) in [7, 11) is 0. The SMILES string of the molecule is Cc1c(NC(=O)Nc2cccc(C(F)(F)F)c2)cccc1NC(=O)Nc1cccc(C(F)(F)F)c1. The summed E-state index contributed by atoms with van der Waals surface area (Å²) in [6.07, 6.45) is -9.14. The second-order valence-electron chi connectivity index (χ2n) is 7.29. The van der Waals surface area contributed by atoms with Crippen LogP contribution in [0.25, 0.3) is 0 Å². The van der Waals surface area contributed by atoms with Crippen molar-refractivity contribution in [2.24, 2.45) is 0 Å². The van der Waals surface area contributed by atoms with E-state index >= 15 is 0 Å². The van der Waals surface area contributed by atoms with Gasteiger partial charge in [-0.15, -0.1) is 0 Å². The Morgan fingerprint density at radius 3 is 1.34 bits per heavy atom. The summed E-state index contributed by atoms with van der Waals surface area (Å²) in [5, 5.41) is 9.55. The van der Waals surface area contributed by atoms with Gasteiger partial charge in [0.25, 0.3) is 0 Å². The van der Waals surface area contributed by atoms with Crippen LogP contribution in [0.5, 0.6) is 0 Å². The number of urea groups is 2. The van der Waals surface area contributed by atoms with Crippen molar-refractivity contribution in [1.82, 2.24) is 0 Å². The summed E-state index contributed by atoms with van der Waals surface area (Å²) in [4.78, 5) is 24.6. The Kier molecular flexibility index (Phi) is 7.22. The summed E-state index contributed by atoms with van der Waals surface area (Å²) in [6.45, 7) is 1.56. The number of nitrogens with one attached hydrogen (secondary N) is 4. The number of hydrogen-bond donors (Lipinski definition) is 4. The van der Waals surface area contributed by atoms with Gasteiger partial charge in [-0.3, -0.25) is 0 Å². The third kappa shape index (κ3) is 6.88. The van der Waals surface area contributed by atoms with Crippen LogP contribution in [0.1, 0.15) is 16.7 Å². The lowest BCUT2D eigenvalue weighted by molar-refractivity contribution is -0.138. The zero-order chi connectivity index (χ0) is 25.8. The number of amides is 4. The van der Waals surface area contributed by atoms with E-state index in [9.17, 15) is 35.9 Å². The fourth-order valence-electron chi connectivity index (χ4n) is 3.02. The molecule has 4 N–H and O–H groups in total. The molecule has 0 aliphatic carbocycles. The summed E-state index contributed by atoms with van der Waals surface area (Å²) in [5.41, 5.74) is -1.13. The van der Waals surface area contributed by atoms with E-state index in [4.69, 9.17) is 0 Å². The average Bonchev–Trinajstić information content (AvgIpc) is 2.75. The van der Waals surface area contributed by atoms with Gasteiger partial charge in [-0.25, -0.2) is 9.59 Å². The standard InChI is InChI=1S/C23H18F6N4O2/c1-13-18(32-20(34)30-16-7-2-5-14(11-16)22(24,25)26)9-4-10-19(13)33-21(35)31-17-8-3-6-15(12-17)23(27,28)29/h2-12H,1H3,(H2,30,32,34)(H2,31,33,35). The number of halogens is 6. The van der Waals surface area contributed by atoms with E-state index in [-0.39, 0.29) is 22.7 Å². The minimum absolute atomic E-state index is 0.0790. The maximum absolute atomic E-state index is 12.8. The van der Waals surface area contributed by atoms with Crippen LogP contribution in [0.15, 0.2) is 66.7 Å². The van der Waals surface area contributed by atoms with Crippen LogP contribution >= 0.6 is 0 Å². The number of anilines is 4. The van der Waals surface area contributed by atoms with Crippen molar-refractivity contribution in [3.63, 3.8) is 0 Å². The summed E-state index contributed by atoms with van der Waals surface area (Å²) in [6, 6.07) is 11.0. The maximum Gasteiger partial charge on any atom is 0.416 e. The zero-order valence-electron chi connectivity index (χ0n) is 17.9. The molecule has 0 aromatic heterocycles. The molecule has 3 rings (SSSR count). The molecular formula is C23H18F6N4O2. The molecular weight excluding hydrogens is 478 g/mol. The van der Waals surface area contributed by atoms with Crippen LogP contribution < -0.4 is 21.3 Å². The molecule has 0 spiro atoms. The van der Waals surface area contributed by atoms with E-state index in [1.165, 1.54) is 30.3 Å². The number of hydrogen-bond acceptors (Lipinski definition) is 2. The minimum atomic E-state index is -4.57. The highest BCUT2D eigenvalue weighted by Gasteiger charge is 2.31. The number of carbonyl (C=O) groups excluding carboxylic acids is 2. The Balaban J connectivity index is 1.66. The molecule has 4 amide bonds. The van der Waals surface area contributed by atoms with Crippen LogP contribution in [0.3, 0.4) is 0 Å². The van der Waals surface area contributed by atoms with E-state index in [1.54, 1.807) is 6.92 Å². The molecule has 0 atom stereocenters. The Labute approximate surface area is 195 Å². The predicted molar refractivity (Wildman–Crippen MR) is 119 cm³/mol. The van der Waals surface area contributed by atoms with Gasteiger partial charge in [0.1, 0.15) is 0 Å². The third-order valence-corrected chi connectivity index (χ3v) is 4.73. The third-order valence-electron chi connectivity index (χ3n) is 4.73. The maximum atomic E-state index is 12.8. The molecule has 184 valence electrons. The van der Waals surface area contributed by atoms with Crippen molar-refractivity contribution < 1.29 is 35.9 Å². The Morgan fingerprint density at radius 2 is 0.971 bits per heavy atom. The zero-order valence-corrected chi connectivity index (χ0v) is 17.9. The van der Waals surface area contributed by atoms with Crippen LogP contribution in [0.2, 0.25) is 0 Å². The lowest BCUT2D eigenvalue weighted by Crippen LogP contribution is -2.22. The molecule has 0 saturated heterocycles. The molecule has 0 aliphatic rings. The van der Waals surface area contributed by atoms with Crippen molar-refractivity contribution >= 4 is 34.8 Å². The first-order chi connectivity index (χ1) is 16.3.